The van der Waals surface area contributed by atoms with Gasteiger partial charge in [0.2, 0.25) is 0 Å². The van der Waals surface area contributed by atoms with Gasteiger partial charge >= 0.3 is 0 Å². The summed E-state index contributed by atoms with van der Waals surface area (Å²) in [4.78, 5) is 4.36. The molecule has 0 saturated carbocycles. The summed E-state index contributed by atoms with van der Waals surface area (Å²) in [6.07, 6.45) is 1.80. The number of hydrogen-bond acceptors (Lipinski definition) is 3. The molecular weight excluding hydrogens is 260 g/mol. The van der Waals surface area contributed by atoms with Crippen LogP contribution in [0.15, 0.2) is 54.7 Å². The topological polar surface area (TPSA) is 34.1 Å². The molecule has 0 bridgehead atoms. The van der Waals surface area contributed by atoms with Crippen LogP contribution in [0.3, 0.4) is 0 Å². The Morgan fingerprint density at radius 3 is 2.76 bits per heavy atom. The number of nitrogens with one attached hydrogen (secondary N) is 1. The van der Waals surface area contributed by atoms with Gasteiger partial charge in [-0.3, -0.25) is 4.98 Å². The molecule has 0 amide bonds. The standard InChI is InChI=1S/C18H18N2O/c1-13-11-14(12-19-2)8-9-17(13)21-18-7-3-6-16-15(18)5-4-10-20-16/h3-11,19H,12H2,1-2H3. The summed E-state index contributed by atoms with van der Waals surface area (Å²) < 4.78 is 6.10. The van der Waals surface area contributed by atoms with E-state index in [-0.39, 0.29) is 0 Å². The van der Waals surface area contributed by atoms with Gasteiger partial charge in [-0.15, -0.1) is 0 Å². The van der Waals surface area contributed by atoms with E-state index in [9.17, 15) is 0 Å². The smallest absolute Gasteiger partial charge is 0.136 e. The number of hydrogen-bond donors (Lipinski definition) is 1. The zero-order valence-corrected chi connectivity index (χ0v) is 12.3. The van der Waals surface area contributed by atoms with Crippen molar-refractivity contribution in [1.82, 2.24) is 10.3 Å². The van der Waals surface area contributed by atoms with Gasteiger partial charge in [0.05, 0.1) is 5.52 Å². The van der Waals surface area contributed by atoms with Crippen molar-refractivity contribution in [2.45, 2.75) is 13.5 Å². The van der Waals surface area contributed by atoms with Crippen LogP contribution < -0.4 is 10.1 Å². The van der Waals surface area contributed by atoms with Crippen LogP contribution in [0.2, 0.25) is 0 Å². The first kappa shape index (κ1) is 13.6. The molecule has 0 aliphatic carbocycles. The number of aryl methyl sites for hydroxylation is 1. The van der Waals surface area contributed by atoms with Crippen molar-refractivity contribution in [2.75, 3.05) is 7.05 Å². The molecular formula is C18H18N2O. The van der Waals surface area contributed by atoms with Crippen molar-refractivity contribution in [3.63, 3.8) is 0 Å². The zero-order chi connectivity index (χ0) is 14.7. The SMILES string of the molecule is CNCc1ccc(Oc2cccc3ncccc23)c(C)c1. The van der Waals surface area contributed by atoms with Gasteiger partial charge in [-0.1, -0.05) is 18.2 Å². The van der Waals surface area contributed by atoms with E-state index in [0.717, 1.165) is 34.5 Å². The van der Waals surface area contributed by atoms with E-state index in [1.165, 1.54) is 5.56 Å². The van der Waals surface area contributed by atoms with Crippen LogP contribution >= 0.6 is 0 Å². The fourth-order valence-electron chi connectivity index (χ4n) is 2.42. The molecule has 0 radical (unpaired) electrons. The fourth-order valence-corrected chi connectivity index (χ4v) is 2.42. The van der Waals surface area contributed by atoms with E-state index in [1.807, 2.05) is 43.4 Å². The highest BCUT2D eigenvalue weighted by Crippen LogP contribution is 2.30. The molecule has 1 aromatic heterocycles. The summed E-state index contributed by atoms with van der Waals surface area (Å²) in [6.45, 7) is 2.93. The second-order valence-corrected chi connectivity index (χ2v) is 5.06. The first-order valence-corrected chi connectivity index (χ1v) is 7.03. The first-order valence-electron chi connectivity index (χ1n) is 7.03. The van der Waals surface area contributed by atoms with Gasteiger partial charge in [0.25, 0.3) is 0 Å². The lowest BCUT2D eigenvalue weighted by Gasteiger charge is -2.12. The van der Waals surface area contributed by atoms with Gasteiger partial charge in [-0.25, -0.2) is 0 Å². The Morgan fingerprint density at radius 1 is 1.05 bits per heavy atom. The number of fused-ring (bicyclic) bond motifs is 1. The lowest BCUT2D eigenvalue weighted by Crippen LogP contribution is -2.05. The number of nitrogens with zero attached hydrogens (tertiary/aromatic N) is 1. The molecule has 0 atom stereocenters. The van der Waals surface area contributed by atoms with Gasteiger partial charge in [0.15, 0.2) is 0 Å². The molecule has 0 spiro atoms. The maximum absolute atomic E-state index is 6.10. The summed E-state index contributed by atoms with van der Waals surface area (Å²) in [5, 5.41) is 4.18. The quantitative estimate of drug-likeness (QED) is 0.781. The Balaban J connectivity index is 1.95. The van der Waals surface area contributed by atoms with E-state index in [4.69, 9.17) is 4.74 Å². The third kappa shape index (κ3) is 2.88. The van der Waals surface area contributed by atoms with Gasteiger partial charge in [0, 0.05) is 18.1 Å². The van der Waals surface area contributed by atoms with Crippen LogP contribution in [0.4, 0.5) is 0 Å². The maximum Gasteiger partial charge on any atom is 0.136 e. The molecule has 0 unspecified atom stereocenters. The van der Waals surface area contributed by atoms with E-state index in [1.54, 1.807) is 6.20 Å². The average molecular weight is 278 g/mol. The molecule has 3 aromatic rings. The minimum Gasteiger partial charge on any atom is -0.456 e. The Bertz CT molecular complexity index is 763. The minimum absolute atomic E-state index is 0.838. The highest BCUT2D eigenvalue weighted by molar-refractivity contribution is 5.85. The summed E-state index contributed by atoms with van der Waals surface area (Å²) in [5.41, 5.74) is 3.32. The fraction of sp³-hybridized carbons (Fsp3) is 0.167. The summed E-state index contributed by atoms with van der Waals surface area (Å²) >= 11 is 0. The Morgan fingerprint density at radius 2 is 1.95 bits per heavy atom. The van der Waals surface area contributed by atoms with Crippen molar-refractivity contribution in [3.8, 4) is 11.5 Å². The molecule has 21 heavy (non-hydrogen) atoms. The molecule has 0 saturated heterocycles. The van der Waals surface area contributed by atoms with Crippen LogP contribution in [0.5, 0.6) is 11.5 Å². The molecule has 3 heteroatoms. The predicted octanol–water partition coefficient (Wildman–Crippen LogP) is 4.05. The summed E-state index contributed by atoms with van der Waals surface area (Å²) in [5.74, 6) is 1.72. The Kier molecular flexibility index (Phi) is 3.84. The van der Waals surface area contributed by atoms with Crippen LogP contribution in [-0.2, 0) is 6.54 Å². The second-order valence-electron chi connectivity index (χ2n) is 5.06. The van der Waals surface area contributed by atoms with Crippen LogP contribution in [0, 0.1) is 6.92 Å². The van der Waals surface area contributed by atoms with Crippen molar-refractivity contribution >= 4 is 10.9 Å². The van der Waals surface area contributed by atoms with Crippen LogP contribution in [0.25, 0.3) is 10.9 Å². The highest BCUT2D eigenvalue weighted by Gasteiger charge is 2.06. The molecule has 1 heterocycles. The van der Waals surface area contributed by atoms with Gasteiger partial charge in [-0.05, 0) is 55.4 Å². The molecule has 0 fully saturated rings. The molecule has 3 rings (SSSR count). The summed E-state index contributed by atoms with van der Waals surface area (Å²) in [7, 11) is 1.95. The number of rotatable bonds is 4. The molecule has 3 nitrogen and oxygen atoms in total. The molecule has 0 aliphatic rings. The van der Waals surface area contributed by atoms with E-state index in [0.29, 0.717) is 0 Å². The first-order chi connectivity index (χ1) is 10.3. The third-order valence-corrected chi connectivity index (χ3v) is 3.45. The van der Waals surface area contributed by atoms with E-state index in [2.05, 4.69) is 29.4 Å². The summed E-state index contributed by atoms with van der Waals surface area (Å²) in [6, 6.07) is 16.2. The molecule has 0 aliphatic heterocycles. The zero-order valence-electron chi connectivity index (χ0n) is 12.3. The highest BCUT2D eigenvalue weighted by atomic mass is 16.5. The largest absolute Gasteiger partial charge is 0.456 e. The number of benzene rings is 2. The maximum atomic E-state index is 6.10. The molecule has 1 N–H and O–H groups in total. The van der Waals surface area contributed by atoms with Crippen molar-refractivity contribution in [3.05, 3.63) is 65.9 Å². The lowest BCUT2D eigenvalue weighted by atomic mass is 10.1. The van der Waals surface area contributed by atoms with Gasteiger partial charge in [-0.2, -0.15) is 0 Å². The van der Waals surface area contributed by atoms with Crippen molar-refractivity contribution in [1.29, 1.82) is 0 Å². The third-order valence-electron chi connectivity index (χ3n) is 3.45. The van der Waals surface area contributed by atoms with Gasteiger partial charge < -0.3 is 10.1 Å². The number of pyridine rings is 1. The minimum atomic E-state index is 0.838. The van der Waals surface area contributed by atoms with E-state index >= 15 is 0 Å². The van der Waals surface area contributed by atoms with E-state index < -0.39 is 0 Å². The second kappa shape index (κ2) is 5.94. The number of ether oxygens (including phenoxy) is 1. The Labute approximate surface area is 124 Å². The predicted molar refractivity (Wildman–Crippen MR) is 85.8 cm³/mol. The lowest BCUT2D eigenvalue weighted by molar-refractivity contribution is 0.484. The molecule has 2 aromatic carbocycles. The Hall–Kier alpha value is -2.39. The van der Waals surface area contributed by atoms with Crippen molar-refractivity contribution in [2.24, 2.45) is 0 Å². The van der Waals surface area contributed by atoms with Crippen LogP contribution in [0.1, 0.15) is 11.1 Å². The van der Waals surface area contributed by atoms with Crippen LogP contribution in [-0.4, -0.2) is 12.0 Å². The monoisotopic (exact) mass is 278 g/mol. The number of aromatic nitrogens is 1. The van der Waals surface area contributed by atoms with Crippen molar-refractivity contribution < 1.29 is 4.74 Å². The molecule has 106 valence electrons. The normalized spacial score (nSPS) is 10.8. The van der Waals surface area contributed by atoms with Gasteiger partial charge in [0.1, 0.15) is 11.5 Å². The average Bonchev–Trinajstić information content (AvgIpc) is 2.51.